The minimum Gasteiger partial charge on any atom is -0.495 e. The average Bonchev–Trinajstić information content (AvgIpc) is 3.02. The van der Waals surface area contributed by atoms with Crippen molar-refractivity contribution in [1.82, 2.24) is 10.2 Å². The molecule has 1 atom stereocenters. The normalized spacial score (nSPS) is 14.5. The fraction of sp³-hybridized carbons (Fsp3) is 0.412. The van der Waals surface area contributed by atoms with Gasteiger partial charge in [0.15, 0.2) is 0 Å². The number of amides is 2. The Bertz CT molecular complexity index is 1430. The van der Waals surface area contributed by atoms with Crippen LogP contribution in [0.3, 0.4) is 0 Å². The van der Waals surface area contributed by atoms with Crippen molar-refractivity contribution >= 4 is 27.5 Å². The molecule has 1 N–H and O–H groups in total. The van der Waals surface area contributed by atoms with E-state index in [0.29, 0.717) is 17.9 Å². The Balaban J connectivity index is 1.58. The lowest BCUT2D eigenvalue weighted by Gasteiger charge is -2.34. The number of rotatable bonds is 14. The molecule has 43 heavy (non-hydrogen) atoms. The largest absolute Gasteiger partial charge is 0.495 e. The molecule has 1 aliphatic rings. The molecule has 1 aliphatic carbocycles. The van der Waals surface area contributed by atoms with Crippen LogP contribution in [0.5, 0.6) is 5.75 Å². The average molecular weight is 606 g/mol. The summed E-state index contributed by atoms with van der Waals surface area (Å²) in [4.78, 5) is 29.6. The highest BCUT2D eigenvalue weighted by molar-refractivity contribution is 7.92. The van der Waals surface area contributed by atoms with Gasteiger partial charge in [-0.15, -0.1) is 0 Å². The van der Waals surface area contributed by atoms with Crippen LogP contribution < -0.4 is 14.4 Å². The molecular formula is C34H43N3O5S. The molecule has 3 aromatic carbocycles. The van der Waals surface area contributed by atoms with E-state index < -0.39 is 16.1 Å². The van der Waals surface area contributed by atoms with Crippen LogP contribution >= 0.6 is 0 Å². The number of para-hydroxylation sites is 2. The second kappa shape index (κ2) is 15.6. The second-order valence-electron chi connectivity index (χ2n) is 11.2. The molecule has 0 aromatic heterocycles. The minimum atomic E-state index is -3.64. The van der Waals surface area contributed by atoms with Gasteiger partial charge in [0.2, 0.25) is 21.8 Å². The summed E-state index contributed by atoms with van der Waals surface area (Å²) in [7, 11) is -2.14. The van der Waals surface area contributed by atoms with Gasteiger partial charge in [0.25, 0.3) is 0 Å². The highest BCUT2D eigenvalue weighted by atomic mass is 32.2. The predicted octanol–water partition coefficient (Wildman–Crippen LogP) is 5.33. The molecule has 4 rings (SSSR count). The predicted molar refractivity (Wildman–Crippen MR) is 170 cm³/mol. The molecule has 0 spiro atoms. The highest BCUT2D eigenvalue weighted by Gasteiger charge is 2.32. The van der Waals surface area contributed by atoms with Crippen LogP contribution in [0.4, 0.5) is 5.69 Å². The number of hydrogen-bond acceptors (Lipinski definition) is 5. The summed E-state index contributed by atoms with van der Waals surface area (Å²) in [6, 6.07) is 25.7. The number of sulfonamides is 1. The maximum Gasteiger partial charge on any atom is 0.243 e. The van der Waals surface area contributed by atoms with Crippen molar-refractivity contribution in [3.63, 3.8) is 0 Å². The lowest BCUT2D eigenvalue weighted by atomic mass is 9.94. The molecule has 230 valence electrons. The topological polar surface area (TPSA) is 96.0 Å². The van der Waals surface area contributed by atoms with Crippen LogP contribution in [-0.2, 0) is 32.6 Å². The molecule has 0 aliphatic heterocycles. The van der Waals surface area contributed by atoms with E-state index in [2.05, 4.69) is 5.32 Å². The van der Waals surface area contributed by atoms with Gasteiger partial charge >= 0.3 is 0 Å². The smallest absolute Gasteiger partial charge is 0.243 e. The number of anilines is 1. The summed E-state index contributed by atoms with van der Waals surface area (Å²) in [5, 5.41) is 3.25. The molecule has 0 bridgehead atoms. The summed E-state index contributed by atoms with van der Waals surface area (Å²) >= 11 is 0. The maximum absolute atomic E-state index is 14.0. The van der Waals surface area contributed by atoms with Crippen molar-refractivity contribution in [3.05, 3.63) is 96.1 Å². The molecule has 3 aromatic rings. The van der Waals surface area contributed by atoms with Gasteiger partial charge in [0, 0.05) is 32.0 Å². The summed E-state index contributed by atoms with van der Waals surface area (Å²) in [5.41, 5.74) is 2.32. The van der Waals surface area contributed by atoms with Gasteiger partial charge in [-0.2, -0.15) is 0 Å². The molecule has 1 saturated carbocycles. The summed E-state index contributed by atoms with van der Waals surface area (Å²) in [6.07, 6.45) is 7.13. The molecule has 2 amide bonds. The van der Waals surface area contributed by atoms with Gasteiger partial charge in [0.1, 0.15) is 11.8 Å². The molecule has 0 heterocycles. The first-order chi connectivity index (χ1) is 20.8. The summed E-state index contributed by atoms with van der Waals surface area (Å²) < 4.78 is 32.2. The number of benzene rings is 3. The van der Waals surface area contributed by atoms with Crippen molar-refractivity contribution < 1.29 is 22.7 Å². The Hall–Kier alpha value is -3.85. The molecule has 0 radical (unpaired) electrons. The molecule has 8 nitrogen and oxygen atoms in total. The number of carbonyl (C=O) groups is 2. The van der Waals surface area contributed by atoms with Gasteiger partial charge < -0.3 is 15.0 Å². The first-order valence-electron chi connectivity index (χ1n) is 15.0. The summed E-state index contributed by atoms with van der Waals surface area (Å²) in [5.74, 6) is 0.0936. The van der Waals surface area contributed by atoms with E-state index >= 15 is 0 Å². The van der Waals surface area contributed by atoms with E-state index in [1.165, 1.54) is 17.8 Å². The lowest BCUT2D eigenvalue weighted by Crippen LogP contribution is -2.52. The van der Waals surface area contributed by atoms with Crippen LogP contribution in [-0.4, -0.2) is 57.1 Å². The third-order valence-corrected chi connectivity index (χ3v) is 9.10. The van der Waals surface area contributed by atoms with Crippen molar-refractivity contribution in [3.8, 4) is 5.75 Å². The Morgan fingerprint density at radius 3 is 2.12 bits per heavy atom. The third kappa shape index (κ3) is 9.32. The fourth-order valence-electron chi connectivity index (χ4n) is 5.70. The van der Waals surface area contributed by atoms with E-state index in [1.807, 2.05) is 60.7 Å². The van der Waals surface area contributed by atoms with E-state index in [0.717, 1.165) is 43.1 Å². The van der Waals surface area contributed by atoms with Crippen LogP contribution in [0.1, 0.15) is 56.1 Å². The van der Waals surface area contributed by atoms with E-state index in [1.54, 1.807) is 29.2 Å². The highest BCUT2D eigenvalue weighted by Crippen LogP contribution is 2.30. The first kappa shape index (κ1) is 32.1. The first-order valence-corrected chi connectivity index (χ1v) is 16.9. The van der Waals surface area contributed by atoms with Crippen LogP contribution in [0.15, 0.2) is 84.9 Å². The Kier molecular flexibility index (Phi) is 11.6. The standard InChI is InChI=1S/C34H43N3O5S/c1-42-32-22-13-12-21-30(32)37(43(2,40)41)24-14-23-33(38)36(26-28-17-8-4-9-18-28)31(25-27-15-6-3-7-16-27)34(39)35-29-19-10-5-11-20-29/h3-4,6-9,12-13,15-18,21-22,29,31H,5,10-11,14,19-20,23-26H2,1-2H3,(H,35,39). The van der Waals surface area contributed by atoms with Crippen molar-refractivity contribution in [2.75, 3.05) is 24.2 Å². The zero-order chi connectivity index (χ0) is 30.7. The number of nitrogens with zero attached hydrogens (tertiary/aromatic N) is 2. The Labute approximate surface area is 256 Å². The maximum atomic E-state index is 14.0. The van der Waals surface area contributed by atoms with Crippen molar-refractivity contribution in [2.24, 2.45) is 0 Å². The lowest BCUT2D eigenvalue weighted by molar-refractivity contribution is -0.141. The Morgan fingerprint density at radius 1 is 0.884 bits per heavy atom. The fourth-order valence-corrected chi connectivity index (χ4v) is 6.67. The van der Waals surface area contributed by atoms with Crippen molar-refractivity contribution in [1.29, 1.82) is 0 Å². The van der Waals surface area contributed by atoms with Crippen LogP contribution in [0, 0.1) is 0 Å². The second-order valence-corrected chi connectivity index (χ2v) is 13.1. The zero-order valence-corrected chi connectivity index (χ0v) is 26.0. The van der Waals surface area contributed by atoms with E-state index in [9.17, 15) is 18.0 Å². The molecule has 1 unspecified atom stereocenters. The van der Waals surface area contributed by atoms with Crippen molar-refractivity contribution in [2.45, 2.75) is 70.0 Å². The number of carbonyl (C=O) groups excluding carboxylic acids is 2. The number of ether oxygens (including phenoxy) is 1. The van der Waals surface area contributed by atoms with Gasteiger partial charge in [-0.25, -0.2) is 8.42 Å². The third-order valence-electron chi connectivity index (χ3n) is 7.92. The van der Waals surface area contributed by atoms with Crippen LogP contribution in [0.2, 0.25) is 0 Å². The van der Waals surface area contributed by atoms with Gasteiger partial charge in [-0.3, -0.25) is 13.9 Å². The molecule has 1 fully saturated rings. The zero-order valence-electron chi connectivity index (χ0n) is 25.2. The van der Waals surface area contributed by atoms with Gasteiger partial charge in [-0.05, 0) is 42.5 Å². The number of methoxy groups -OCH3 is 1. The van der Waals surface area contributed by atoms with Gasteiger partial charge in [0.05, 0.1) is 19.1 Å². The van der Waals surface area contributed by atoms with Crippen LogP contribution in [0.25, 0.3) is 0 Å². The quantitative estimate of drug-likeness (QED) is 0.268. The SMILES string of the molecule is COc1ccccc1N(CCCC(=O)N(Cc1ccccc1)C(Cc1ccccc1)C(=O)NC1CCCCC1)S(C)(=O)=O. The molecule has 0 saturated heterocycles. The summed E-state index contributed by atoms with van der Waals surface area (Å²) in [6.45, 7) is 0.374. The molecular weight excluding hydrogens is 562 g/mol. The monoisotopic (exact) mass is 605 g/mol. The Morgan fingerprint density at radius 2 is 1.49 bits per heavy atom. The molecule has 9 heteroatoms. The van der Waals surface area contributed by atoms with Gasteiger partial charge in [-0.1, -0.05) is 92.1 Å². The number of nitrogens with one attached hydrogen (secondary N) is 1. The number of hydrogen-bond donors (Lipinski definition) is 1. The minimum absolute atomic E-state index is 0.0794. The van der Waals surface area contributed by atoms with E-state index in [-0.39, 0.29) is 43.8 Å². The van der Waals surface area contributed by atoms with E-state index in [4.69, 9.17) is 4.74 Å².